The maximum absolute atomic E-state index is 12.7. The zero-order valence-electron chi connectivity index (χ0n) is 14.8. The van der Waals surface area contributed by atoms with Gasteiger partial charge in [0.25, 0.3) is 20.0 Å². The summed E-state index contributed by atoms with van der Waals surface area (Å²) in [5.74, 6) is 0. The Hall–Kier alpha value is -0.690. The second-order valence-electron chi connectivity index (χ2n) is 5.09. The molecule has 0 heterocycles. The number of sulfonamides is 2. The van der Waals surface area contributed by atoms with Gasteiger partial charge in [0, 0.05) is 44.9 Å². The first-order valence-corrected chi connectivity index (χ1v) is 14.3. The van der Waals surface area contributed by atoms with Gasteiger partial charge in [0.05, 0.1) is 9.79 Å². The van der Waals surface area contributed by atoms with Crippen molar-refractivity contribution in [2.24, 2.45) is 0 Å². The molecule has 0 atom stereocenters. The van der Waals surface area contributed by atoms with E-state index in [1.54, 1.807) is 50.2 Å². The van der Waals surface area contributed by atoms with E-state index in [4.69, 9.17) is 0 Å². The highest BCUT2D eigenvalue weighted by Gasteiger charge is 2.27. The smallest absolute Gasteiger partial charge is 0.206 e. The van der Waals surface area contributed by atoms with Gasteiger partial charge in [0.1, 0.15) is 0 Å². The summed E-state index contributed by atoms with van der Waals surface area (Å²) in [5.41, 5.74) is 0. The Balaban J connectivity index is 2.06. The summed E-state index contributed by atoms with van der Waals surface area (Å²) in [6.07, 6.45) is 0. The zero-order chi connectivity index (χ0) is 19.9. The van der Waals surface area contributed by atoms with Gasteiger partial charge in [0.2, 0.25) is 0 Å². The molecule has 0 saturated heterocycles. The van der Waals surface area contributed by atoms with Crippen LogP contribution in [0.25, 0.3) is 0 Å². The summed E-state index contributed by atoms with van der Waals surface area (Å²) in [6.45, 7) is 3.98. The summed E-state index contributed by atoms with van der Waals surface area (Å²) in [4.78, 5) is 0.406. The number of nitrogens with zero attached hydrogens (tertiary/aromatic N) is 2. The van der Waals surface area contributed by atoms with Crippen molar-refractivity contribution in [3.8, 4) is 0 Å². The van der Waals surface area contributed by atoms with Gasteiger partial charge in [-0.2, -0.15) is 0 Å². The first kappa shape index (κ1) is 22.6. The molecule has 11 heteroatoms. The lowest BCUT2D eigenvalue weighted by Crippen LogP contribution is -2.25. The molecule has 0 fully saturated rings. The van der Waals surface area contributed by atoms with E-state index in [-0.39, 0.29) is 22.9 Å². The van der Waals surface area contributed by atoms with E-state index in [1.165, 1.54) is 31.7 Å². The lowest BCUT2D eigenvalue weighted by molar-refractivity contribution is 0.550. The second kappa shape index (κ2) is 10.2. The number of hydrogen-bond donors (Lipinski definition) is 0. The number of hydrogen-bond acceptors (Lipinski definition) is 7. The van der Waals surface area contributed by atoms with Gasteiger partial charge in [-0.1, -0.05) is 50.2 Å². The summed E-state index contributed by atoms with van der Waals surface area (Å²) < 4.78 is 53.2. The third kappa shape index (κ3) is 5.66. The van der Waals surface area contributed by atoms with Crippen LogP contribution in [0.2, 0.25) is 0 Å². The molecule has 148 valence electrons. The van der Waals surface area contributed by atoms with Gasteiger partial charge < -0.3 is 0 Å². The molecule has 0 radical (unpaired) electrons. The Morgan fingerprint density at radius 2 is 1.00 bits per heavy atom. The van der Waals surface area contributed by atoms with Gasteiger partial charge in [-0.3, -0.25) is 0 Å². The fourth-order valence-electron chi connectivity index (χ4n) is 2.03. The van der Waals surface area contributed by atoms with Crippen molar-refractivity contribution >= 4 is 51.8 Å². The van der Waals surface area contributed by atoms with Crippen LogP contribution in [-0.2, 0) is 20.0 Å². The maximum atomic E-state index is 12.7. The van der Waals surface area contributed by atoms with Crippen LogP contribution in [0.1, 0.15) is 13.8 Å². The van der Waals surface area contributed by atoms with Crippen LogP contribution in [0.5, 0.6) is 0 Å². The first-order valence-electron chi connectivity index (χ1n) is 8.01. The Labute approximate surface area is 172 Å². The van der Waals surface area contributed by atoms with Gasteiger partial charge in [-0.05, 0) is 24.3 Å². The first-order chi connectivity index (χ1) is 12.8. The molecule has 0 bridgehead atoms. The normalized spacial score (nSPS) is 12.6. The molecule has 0 aromatic heterocycles. The summed E-state index contributed by atoms with van der Waals surface area (Å²) in [7, 11) is -4.22. The minimum atomic E-state index is -3.65. The molecule has 6 nitrogen and oxygen atoms in total. The highest BCUT2D eigenvalue weighted by molar-refractivity contribution is 9.09. The molecule has 2 aromatic carbocycles. The van der Waals surface area contributed by atoms with Crippen LogP contribution in [0, 0.1) is 0 Å². The molecular formula is C16H20N2O4S5. The fraction of sp³-hybridized carbons (Fsp3) is 0.250. The van der Waals surface area contributed by atoms with Crippen molar-refractivity contribution in [1.29, 1.82) is 0 Å². The van der Waals surface area contributed by atoms with Gasteiger partial charge in [-0.15, -0.1) is 7.42 Å². The highest BCUT2D eigenvalue weighted by atomic mass is 33.5. The lowest BCUT2D eigenvalue weighted by atomic mass is 10.4. The van der Waals surface area contributed by atoms with E-state index < -0.39 is 20.0 Å². The van der Waals surface area contributed by atoms with Crippen LogP contribution in [0.15, 0.2) is 70.5 Å². The monoisotopic (exact) mass is 464 g/mol. The molecule has 0 amide bonds. The van der Waals surface area contributed by atoms with Crippen LogP contribution < -0.4 is 0 Å². The third-order valence-corrected chi connectivity index (χ3v) is 12.4. The Kier molecular flexibility index (Phi) is 8.53. The SMILES string of the molecule is CCN(SSSN(CC)S(=O)(=O)c1ccccc1)S(=O)(=O)c1ccccc1. The van der Waals surface area contributed by atoms with E-state index in [0.717, 1.165) is 31.8 Å². The lowest BCUT2D eigenvalue weighted by Gasteiger charge is -2.21. The zero-order valence-corrected chi connectivity index (χ0v) is 18.8. The molecule has 0 aliphatic heterocycles. The Bertz CT molecular complexity index is 844. The average molecular weight is 465 g/mol. The van der Waals surface area contributed by atoms with Crippen molar-refractivity contribution in [2.45, 2.75) is 23.6 Å². The van der Waals surface area contributed by atoms with E-state index in [2.05, 4.69) is 0 Å². The Morgan fingerprint density at radius 1 is 0.667 bits per heavy atom. The fourth-order valence-corrected chi connectivity index (χ4v) is 11.1. The highest BCUT2D eigenvalue weighted by Crippen LogP contribution is 2.43. The van der Waals surface area contributed by atoms with Crippen LogP contribution >= 0.6 is 31.8 Å². The number of rotatable bonds is 10. The molecule has 0 aliphatic carbocycles. The van der Waals surface area contributed by atoms with Crippen LogP contribution in [0.3, 0.4) is 0 Å². The molecule has 2 aromatic rings. The predicted molar refractivity (Wildman–Crippen MR) is 115 cm³/mol. The predicted octanol–water partition coefficient (Wildman–Crippen LogP) is 4.27. The molecule has 0 saturated carbocycles. The van der Waals surface area contributed by atoms with E-state index in [1.807, 2.05) is 0 Å². The average Bonchev–Trinajstić information content (AvgIpc) is 2.69. The second-order valence-corrected chi connectivity index (χ2v) is 13.1. The maximum Gasteiger partial charge on any atom is 0.252 e. The van der Waals surface area contributed by atoms with E-state index >= 15 is 0 Å². The van der Waals surface area contributed by atoms with Gasteiger partial charge >= 0.3 is 0 Å². The van der Waals surface area contributed by atoms with Crippen molar-refractivity contribution in [3.05, 3.63) is 60.7 Å². The quantitative estimate of drug-likeness (QED) is 0.384. The Morgan fingerprint density at radius 3 is 1.30 bits per heavy atom. The largest absolute Gasteiger partial charge is 0.252 e. The van der Waals surface area contributed by atoms with Crippen molar-refractivity contribution < 1.29 is 16.8 Å². The van der Waals surface area contributed by atoms with Crippen molar-refractivity contribution in [2.75, 3.05) is 13.1 Å². The van der Waals surface area contributed by atoms with E-state index in [0.29, 0.717) is 0 Å². The van der Waals surface area contributed by atoms with Gasteiger partial charge in [-0.25, -0.2) is 16.8 Å². The molecule has 0 unspecified atom stereocenters. The molecular weight excluding hydrogens is 445 g/mol. The topological polar surface area (TPSA) is 74.8 Å². The molecule has 0 spiro atoms. The van der Waals surface area contributed by atoms with Crippen molar-refractivity contribution in [3.63, 3.8) is 0 Å². The van der Waals surface area contributed by atoms with Crippen molar-refractivity contribution in [1.82, 2.24) is 7.42 Å². The molecule has 27 heavy (non-hydrogen) atoms. The van der Waals surface area contributed by atoms with E-state index in [9.17, 15) is 16.8 Å². The molecule has 2 rings (SSSR count). The summed E-state index contributed by atoms with van der Waals surface area (Å²) in [6, 6.07) is 16.3. The van der Waals surface area contributed by atoms with Crippen LogP contribution in [0.4, 0.5) is 0 Å². The standard InChI is InChI=1S/C16H20N2O4S5/c1-3-17(26(19,20)15-11-7-5-8-12-15)23-25-24-18(4-2)27(21,22)16-13-9-6-10-14-16/h5-14H,3-4H2,1-2H3. The summed E-state index contributed by atoms with van der Waals surface area (Å²) in [5, 5.41) is 0. The molecule has 0 aliphatic rings. The summed E-state index contributed by atoms with van der Waals surface area (Å²) >= 11 is 0. The van der Waals surface area contributed by atoms with Gasteiger partial charge in [0.15, 0.2) is 0 Å². The number of benzene rings is 2. The molecule has 0 N–H and O–H groups in total. The minimum Gasteiger partial charge on any atom is -0.206 e. The third-order valence-electron chi connectivity index (χ3n) is 3.36. The van der Waals surface area contributed by atoms with Crippen LogP contribution in [-0.4, -0.2) is 37.3 Å². The minimum absolute atomic E-state index is 0.203.